The molecule has 0 aromatic carbocycles. The van der Waals surface area contributed by atoms with Crippen molar-refractivity contribution >= 4 is 17.9 Å². The summed E-state index contributed by atoms with van der Waals surface area (Å²) in [6.07, 6.45) is 102. The Labute approximate surface area is 511 Å². The predicted octanol–water partition coefficient (Wildman–Crippen LogP) is 23.4. The van der Waals surface area contributed by atoms with Gasteiger partial charge in [-0.2, -0.15) is 0 Å². The highest BCUT2D eigenvalue weighted by Crippen LogP contribution is 2.14. The molecule has 0 aliphatic rings. The maximum absolute atomic E-state index is 12.9. The van der Waals surface area contributed by atoms with Crippen molar-refractivity contribution in [2.75, 3.05) is 13.2 Å². The molecule has 1 atom stereocenters. The Balaban J connectivity index is 4.44. The monoisotopic (exact) mass is 1140 g/mol. The van der Waals surface area contributed by atoms with E-state index >= 15 is 0 Å². The van der Waals surface area contributed by atoms with Crippen molar-refractivity contribution < 1.29 is 28.6 Å². The van der Waals surface area contributed by atoms with Crippen molar-refractivity contribution in [3.05, 3.63) is 170 Å². The van der Waals surface area contributed by atoms with E-state index in [1.165, 1.54) is 77.0 Å². The van der Waals surface area contributed by atoms with E-state index in [2.05, 4.69) is 191 Å². The molecular weight excluding hydrogens is 1020 g/mol. The van der Waals surface area contributed by atoms with E-state index in [-0.39, 0.29) is 31.1 Å². The van der Waals surface area contributed by atoms with E-state index in [4.69, 9.17) is 14.2 Å². The molecule has 0 rings (SSSR count). The Morgan fingerprint density at radius 3 is 0.771 bits per heavy atom. The minimum Gasteiger partial charge on any atom is -0.462 e. The molecule has 466 valence electrons. The second kappa shape index (κ2) is 69.3. The van der Waals surface area contributed by atoms with E-state index in [0.717, 1.165) is 154 Å². The van der Waals surface area contributed by atoms with Crippen molar-refractivity contribution in [1.29, 1.82) is 0 Å². The van der Waals surface area contributed by atoms with E-state index in [1.54, 1.807) is 0 Å². The van der Waals surface area contributed by atoms with Crippen molar-refractivity contribution in [3.63, 3.8) is 0 Å². The van der Waals surface area contributed by atoms with Gasteiger partial charge in [0.2, 0.25) is 0 Å². The highest BCUT2D eigenvalue weighted by atomic mass is 16.6. The highest BCUT2D eigenvalue weighted by Gasteiger charge is 2.19. The zero-order valence-electron chi connectivity index (χ0n) is 53.4. The van der Waals surface area contributed by atoms with Crippen LogP contribution in [0.25, 0.3) is 0 Å². The summed E-state index contributed by atoms with van der Waals surface area (Å²) in [5.41, 5.74) is 0. The molecule has 6 nitrogen and oxygen atoms in total. The molecule has 83 heavy (non-hydrogen) atoms. The van der Waals surface area contributed by atoms with Crippen LogP contribution in [-0.2, 0) is 28.6 Å². The second-order valence-electron chi connectivity index (χ2n) is 21.6. The maximum Gasteiger partial charge on any atom is 0.306 e. The van der Waals surface area contributed by atoms with Gasteiger partial charge in [0.15, 0.2) is 6.10 Å². The number of carbonyl (C=O) groups is 3. The van der Waals surface area contributed by atoms with Gasteiger partial charge in [0.05, 0.1) is 0 Å². The van der Waals surface area contributed by atoms with Gasteiger partial charge < -0.3 is 14.2 Å². The average Bonchev–Trinajstić information content (AvgIpc) is 3.49. The van der Waals surface area contributed by atoms with Crippen LogP contribution in [0.15, 0.2) is 170 Å². The molecular formula is C77H122O6. The smallest absolute Gasteiger partial charge is 0.306 e. The lowest BCUT2D eigenvalue weighted by Gasteiger charge is -2.18. The van der Waals surface area contributed by atoms with Gasteiger partial charge in [-0.15, -0.1) is 0 Å². The predicted molar refractivity (Wildman–Crippen MR) is 361 cm³/mol. The van der Waals surface area contributed by atoms with Crippen molar-refractivity contribution in [1.82, 2.24) is 0 Å². The van der Waals surface area contributed by atoms with E-state index in [9.17, 15) is 14.4 Å². The summed E-state index contributed by atoms with van der Waals surface area (Å²) in [6, 6.07) is 0. The van der Waals surface area contributed by atoms with Gasteiger partial charge in [-0.1, -0.05) is 274 Å². The summed E-state index contributed by atoms with van der Waals surface area (Å²) in [6.45, 7) is 6.36. The molecule has 0 heterocycles. The lowest BCUT2D eigenvalue weighted by Crippen LogP contribution is -2.30. The van der Waals surface area contributed by atoms with Crippen LogP contribution in [0.4, 0.5) is 0 Å². The molecule has 0 aromatic rings. The number of allylic oxidation sites excluding steroid dienone is 28. The summed E-state index contributed by atoms with van der Waals surface area (Å²) in [4.78, 5) is 38.3. The third-order valence-electron chi connectivity index (χ3n) is 13.7. The third-order valence-corrected chi connectivity index (χ3v) is 13.7. The van der Waals surface area contributed by atoms with Gasteiger partial charge in [-0.3, -0.25) is 14.4 Å². The number of hydrogen-bond donors (Lipinski definition) is 0. The van der Waals surface area contributed by atoms with Crippen LogP contribution in [0, 0.1) is 0 Å². The molecule has 0 N–H and O–H groups in total. The van der Waals surface area contributed by atoms with Gasteiger partial charge in [0.25, 0.3) is 0 Å². The third kappa shape index (κ3) is 67.4. The summed E-state index contributed by atoms with van der Waals surface area (Å²) < 4.78 is 16.9. The fourth-order valence-corrected chi connectivity index (χ4v) is 8.71. The summed E-state index contributed by atoms with van der Waals surface area (Å²) >= 11 is 0. The number of hydrogen-bond acceptors (Lipinski definition) is 6. The van der Waals surface area contributed by atoms with Crippen LogP contribution >= 0.6 is 0 Å². The Hall–Kier alpha value is -5.23. The molecule has 0 fully saturated rings. The molecule has 0 saturated carbocycles. The largest absolute Gasteiger partial charge is 0.462 e. The molecule has 0 saturated heterocycles. The van der Waals surface area contributed by atoms with Crippen molar-refractivity contribution in [3.8, 4) is 0 Å². The maximum atomic E-state index is 12.9. The zero-order chi connectivity index (χ0) is 59.9. The highest BCUT2D eigenvalue weighted by molar-refractivity contribution is 5.71. The van der Waals surface area contributed by atoms with Crippen LogP contribution in [0.5, 0.6) is 0 Å². The lowest BCUT2D eigenvalue weighted by atomic mass is 10.1. The van der Waals surface area contributed by atoms with Crippen LogP contribution in [0.2, 0.25) is 0 Å². The van der Waals surface area contributed by atoms with E-state index in [0.29, 0.717) is 25.7 Å². The van der Waals surface area contributed by atoms with Crippen molar-refractivity contribution in [2.45, 2.75) is 284 Å². The number of esters is 3. The first kappa shape index (κ1) is 77.8. The van der Waals surface area contributed by atoms with Gasteiger partial charge in [0.1, 0.15) is 13.2 Å². The average molecular weight is 1140 g/mol. The Morgan fingerprint density at radius 1 is 0.253 bits per heavy atom. The molecule has 0 aliphatic carbocycles. The van der Waals surface area contributed by atoms with Crippen LogP contribution in [-0.4, -0.2) is 37.2 Å². The number of ether oxygens (including phenoxy) is 3. The SMILES string of the molecule is CC/C=C\C/C=C\C/C=C\C/C=C\C/C=C\C/C=C\C/C=C\C/C=C\C/C=C\C/C=C\CCCCC(=O)OCC(COC(=O)CCCCCCC/C=C\C/C=C\C/C=C\CC)OC(=O)CCCCCCCCC/C=C\CCCCCCCC. The number of rotatable bonds is 59. The molecule has 0 spiro atoms. The normalized spacial score (nSPS) is 13.2. The fourth-order valence-electron chi connectivity index (χ4n) is 8.71. The Kier molecular flexibility index (Phi) is 64.9. The molecule has 0 bridgehead atoms. The standard InChI is InChI=1S/C77H122O6/c1-4-7-10-13-16-19-22-25-28-30-31-32-33-34-35-36-37-38-39-40-41-42-43-44-45-47-49-52-55-58-61-64-67-70-76(79)82-73-74(72-81-75(78)69-66-63-60-57-54-51-48-27-24-21-18-15-12-9-6-3)83-77(80)71-68-65-62-59-56-53-50-46-29-26-23-20-17-14-11-8-5-2/h7,9-10,12,16,18-19,21,25-29,31-32,34-35,37-38,40-41,43-44,47-49,55,58,74H,4-6,8,11,13-15,17,20,22-24,30,33,36,39,42,45-46,50-54,56-57,59-73H2,1-3H3/b10-7-,12-9-,19-16-,21-18-,28-25-,29-26-,32-31-,35-34-,38-37-,41-40-,44-43-,48-27-,49-47-,58-55-. The molecule has 0 aliphatic heterocycles. The first-order valence-electron chi connectivity index (χ1n) is 33.6. The van der Waals surface area contributed by atoms with Gasteiger partial charge >= 0.3 is 17.9 Å². The van der Waals surface area contributed by atoms with Gasteiger partial charge in [-0.05, 0) is 154 Å². The second-order valence-corrected chi connectivity index (χ2v) is 21.6. The molecule has 0 radical (unpaired) electrons. The lowest BCUT2D eigenvalue weighted by molar-refractivity contribution is -0.167. The minimum absolute atomic E-state index is 0.109. The molecule has 0 amide bonds. The van der Waals surface area contributed by atoms with Crippen molar-refractivity contribution in [2.24, 2.45) is 0 Å². The van der Waals surface area contributed by atoms with Crippen LogP contribution in [0.3, 0.4) is 0 Å². The van der Waals surface area contributed by atoms with Crippen LogP contribution < -0.4 is 0 Å². The minimum atomic E-state index is -0.815. The Morgan fingerprint density at radius 2 is 0.470 bits per heavy atom. The first-order chi connectivity index (χ1) is 41.0. The van der Waals surface area contributed by atoms with E-state index in [1.807, 2.05) is 0 Å². The molecule has 6 heteroatoms. The van der Waals surface area contributed by atoms with E-state index < -0.39 is 6.10 Å². The van der Waals surface area contributed by atoms with Gasteiger partial charge in [0, 0.05) is 19.3 Å². The van der Waals surface area contributed by atoms with Gasteiger partial charge in [-0.25, -0.2) is 0 Å². The number of carbonyl (C=O) groups excluding carboxylic acids is 3. The topological polar surface area (TPSA) is 78.9 Å². The quantitative estimate of drug-likeness (QED) is 0.0261. The Bertz CT molecular complexity index is 1890. The first-order valence-corrected chi connectivity index (χ1v) is 33.6. The molecule has 1 unspecified atom stereocenters. The summed E-state index contributed by atoms with van der Waals surface area (Å²) in [7, 11) is 0. The zero-order valence-corrected chi connectivity index (χ0v) is 53.4. The fraction of sp³-hybridized carbons (Fsp3) is 0.597. The summed E-state index contributed by atoms with van der Waals surface area (Å²) in [5, 5.41) is 0. The number of unbranched alkanes of at least 4 members (excludes halogenated alkanes) is 20. The van der Waals surface area contributed by atoms with Crippen LogP contribution in [0.1, 0.15) is 278 Å². The molecule has 0 aromatic heterocycles. The summed E-state index contributed by atoms with van der Waals surface area (Å²) in [5.74, 6) is -0.976.